The van der Waals surface area contributed by atoms with Gasteiger partial charge >= 0.3 is 0 Å². The summed E-state index contributed by atoms with van der Waals surface area (Å²) in [7, 11) is 0. The number of nitrogens with zero attached hydrogens (tertiary/aromatic N) is 3. The normalized spacial score (nSPS) is 10.3. The Morgan fingerprint density at radius 1 is 0.885 bits per heavy atom. The molecule has 0 aliphatic carbocycles. The number of benzene rings is 3. The molecule has 124 valence electrons. The van der Waals surface area contributed by atoms with Crippen LogP contribution in [0, 0.1) is 22.7 Å². The molecule has 5 heteroatoms. The van der Waals surface area contributed by atoms with Gasteiger partial charge in [0.1, 0.15) is 23.6 Å². The third kappa shape index (κ3) is 4.08. The minimum atomic E-state index is 0.275. The topological polar surface area (TPSA) is 69.2 Å². The summed E-state index contributed by atoms with van der Waals surface area (Å²) in [5.41, 5.74) is 2.15. The zero-order valence-corrected chi connectivity index (χ0v) is 14.3. The van der Waals surface area contributed by atoms with Gasteiger partial charge in [0.15, 0.2) is 0 Å². The Morgan fingerprint density at radius 3 is 2.35 bits per heavy atom. The quantitative estimate of drug-likeness (QED) is 0.568. The summed E-state index contributed by atoms with van der Waals surface area (Å²) >= 11 is 5.88. The Balaban J connectivity index is 1.87. The van der Waals surface area contributed by atoms with E-state index in [0.29, 0.717) is 22.1 Å². The Bertz CT molecular complexity index is 1040. The van der Waals surface area contributed by atoms with Gasteiger partial charge in [0.05, 0.1) is 16.8 Å². The van der Waals surface area contributed by atoms with Gasteiger partial charge in [0.25, 0.3) is 0 Å². The molecular weight excluding hydrogens is 346 g/mol. The van der Waals surface area contributed by atoms with Gasteiger partial charge in [0.2, 0.25) is 0 Å². The third-order valence-corrected chi connectivity index (χ3v) is 3.81. The number of nitriles is 2. The molecule has 0 aliphatic heterocycles. The average Bonchev–Trinajstić information content (AvgIpc) is 2.68. The molecule has 0 atom stereocenters. The van der Waals surface area contributed by atoms with Crippen LogP contribution in [0.3, 0.4) is 0 Å². The molecule has 4 nitrogen and oxygen atoms in total. The van der Waals surface area contributed by atoms with E-state index in [9.17, 15) is 0 Å². The van der Waals surface area contributed by atoms with Crippen LogP contribution in [0.2, 0.25) is 5.02 Å². The highest BCUT2D eigenvalue weighted by Gasteiger charge is 2.07. The first-order chi connectivity index (χ1) is 12.7. The van der Waals surface area contributed by atoms with E-state index in [4.69, 9.17) is 26.9 Å². The molecule has 0 aromatic heterocycles. The van der Waals surface area contributed by atoms with Crippen LogP contribution in [-0.4, -0.2) is 6.21 Å². The molecule has 26 heavy (non-hydrogen) atoms. The summed E-state index contributed by atoms with van der Waals surface area (Å²) in [6.45, 7) is 0. The van der Waals surface area contributed by atoms with Crippen molar-refractivity contribution in [1.29, 1.82) is 10.5 Å². The van der Waals surface area contributed by atoms with E-state index < -0.39 is 0 Å². The molecule has 0 saturated carbocycles. The smallest absolute Gasteiger partial charge is 0.136 e. The highest BCUT2D eigenvalue weighted by Crippen LogP contribution is 2.26. The first-order valence-electron chi connectivity index (χ1n) is 7.70. The first-order valence-corrected chi connectivity index (χ1v) is 8.08. The van der Waals surface area contributed by atoms with Gasteiger partial charge in [-0.1, -0.05) is 23.7 Å². The van der Waals surface area contributed by atoms with Crippen LogP contribution < -0.4 is 4.74 Å². The average molecular weight is 358 g/mol. The van der Waals surface area contributed by atoms with E-state index in [1.54, 1.807) is 36.5 Å². The van der Waals surface area contributed by atoms with E-state index >= 15 is 0 Å². The lowest BCUT2D eigenvalue weighted by molar-refractivity contribution is 0.481. The summed E-state index contributed by atoms with van der Waals surface area (Å²) in [5.74, 6) is 1.08. The van der Waals surface area contributed by atoms with E-state index in [-0.39, 0.29) is 5.56 Å². The van der Waals surface area contributed by atoms with Crippen molar-refractivity contribution in [3.63, 3.8) is 0 Å². The standard InChI is InChI=1S/C21H12ClN3O/c22-18-6-8-19(9-7-18)25-14-16-3-1-2-4-21(16)26-20-10-5-15(12-23)17(11-20)13-24/h1-11,14H. The molecule has 0 aliphatic rings. The van der Waals surface area contributed by atoms with Gasteiger partial charge in [0, 0.05) is 16.8 Å². The maximum absolute atomic E-state index is 9.14. The largest absolute Gasteiger partial charge is 0.457 e. The summed E-state index contributed by atoms with van der Waals surface area (Å²) in [4.78, 5) is 4.42. The van der Waals surface area contributed by atoms with Gasteiger partial charge in [-0.3, -0.25) is 4.99 Å². The molecule has 3 aromatic rings. The van der Waals surface area contributed by atoms with Crippen LogP contribution in [0.5, 0.6) is 11.5 Å². The Hall–Kier alpha value is -3.60. The number of hydrogen-bond donors (Lipinski definition) is 0. The molecule has 3 aromatic carbocycles. The molecule has 0 spiro atoms. The highest BCUT2D eigenvalue weighted by molar-refractivity contribution is 6.30. The third-order valence-electron chi connectivity index (χ3n) is 3.56. The van der Waals surface area contributed by atoms with Crippen LogP contribution in [0.4, 0.5) is 5.69 Å². The SMILES string of the molecule is N#Cc1ccc(Oc2ccccc2C=Nc2ccc(Cl)cc2)cc1C#N. The van der Waals surface area contributed by atoms with Gasteiger partial charge < -0.3 is 4.74 Å². The Morgan fingerprint density at radius 2 is 1.62 bits per heavy atom. The molecular formula is C21H12ClN3O. The summed E-state index contributed by atoms with van der Waals surface area (Å²) in [6.07, 6.45) is 1.70. The Labute approximate surface area is 156 Å². The molecule has 0 saturated heterocycles. The fourth-order valence-corrected chi connectivity index (χ4v) is 2.38. The van der Waals surface area contributed by atoms with Crippen LogP contribution in [0.25, 0.3) is 0 Å². The second-order valence-corrected chi connectivity index (χ2v) is 5.74. The predicted octanol–water partition coefficient (Wildman–Crippen LogP) is 5.63. The predicted molar refractivity (Wildman–Crippen MR) is 101 cm³/mol. The van der Waals surface area contributed by atoms with Crippen LogP contribution in [0.1, 0.15) is 16.7 Å². The summed E-state index contributed by atoms with van der Waals surface area (Å²) < 4.78 is 5.89. The minimum Gasteiger partial charge on any atom is -0.457 e. The number of halogens is 1. The second kappa shape index (κ2) is 7.98. The van der Waals surface area contributed by atoms with E-state index in [0.717, 1.165) is 11.3 Å². The zero-order valence-electron chi connectivity index (χ0n) is 13.6. The van der Waals surface area contributed by atoms with Crippen molar-refractivity contribution >= 4 is 23.5 Å². The zero-order chi connectivity index (χ0) is 18.4. The van der Waals surface area contributed by atoms with Crippen molar-refractivity contribution in [2.24, 2.45) is 4.99 Å². The van der Waals surface area contributed by atoms with Gasteiger partial charge in [-0.05, 0) is 54.6 Å². The van der Waals surface area contributed by atoms with Gasteiger partial charge in [-0.25, -0.2) is 0 Å². The fraction of sp³-hybridized carbons (Fsp3) is 0. The number of hydrogen-bond acceptors (Lipinski definition) is 4. The molecule has 0 unspecified atom stereocenters. The molecule has 0 N–H and O–H groups in total. The Kier molecular flexibility index (Phi) is 5.29. The van der Waals surface area contributed by atoms with Crippen molar-refractivity contribution in [2.45, 2.75) is 0 Å². The van der Waals surface area contributed by atoms with Crippen LogP contribution in [-0.2, 0) is 0 Å². The monoisotopic (exact) mass is 357 g/mol. The van der Waals surface area contributed by atoms with E-state index in [2.05, 4.69) is 4.99 Å². The number of ether oxygens (including phenoxy) is 1. The number of para-hydroxylation sites is 1. The lowest BCUT2D eigenvalue weighted by atomic mass is 10.1. The van der Waals surface area contributed by atoms with Crippen LogP contribution in [0.15, 0.2) is 71.7 Å². The van der Waals surface area contributed by atoms with E-state index in [1.165, 1.54) is 0 Å². The van der Waals surface area contributed by atoms with Crippen LogP contribution >= 0.6 is 11.6 Å². The van der Waals surface area contributed by atoms with Gasteiger partial charge in [-0.2, -0.15) is 10.5 Å². The summed E-state index contributed by atoms with van der Waals surface area (Å²) in [5, 5.41) is 18.8. The first kappa shape index (κ1) is 17.2. The summed E-state index contributed by atoms with van der Waals surface area (Å²) in [6, 6.07) is 23.4. The lowest BCUT2D eigenvalue weighted by Crippen LogP contribution is -1.92. The lowest BCUT2D eigenvalue weighted by Gasteiger charge is -2.09. The van der Waals surface area contributed by atoms with E-state index in [1.807, 2.05) is 48.5 Å². The molecule has 0 bridgehead atoms. The minimum absolute atomic E-state index is 0.275. The molecule has 0 radical (unpaired) electrons. The van der Waals surface area contributed by atoms with Crippen molar-refractivity contribution in [3.8, 4) is 23.6 Å². The van der Waals surface area contributed by atoms with Crippen molar-refractivity contribution in [2.75, 3.05) is 0 Å². The highest BCUT2D eigenvalue weighted by atomic mass is 35.5. The maximum Gasteiger partial charge on any atom is 0.136 e. The van der Waals surface area contributed by atoms with Crippen molar-refractivity contribution in [3.05, 3.63) is 88.4 Å². The molecule has 3 rings (SSSR count). The molecule has 0 amide bonds. The fourth-order valence-electron chi connectivity index (χ4n) is 2.26. The number of aliphatic imine (C=N–C) groups is 1. The maximum atomic E-state index is 9.14. The van der Waals surface area contributed by atoms with Crippen molar-refractivity contribution in [1.82, 2.24) is 0 Å². The van der Waals surface area contributed by atoms with Gasteiger partial charge in [-0.15, -0.1) is 0 Å². The molecule has 0 heterocycles. The molecule has 0 fully saturated rings. The number of rotatable bonds is 4. The van der Waals surface area contributed by atoms with Crippen molar-refractivity contribution < 1.29 is 4.74 Å². The second-order valence-electron chi connectivity index (χ2n) is 5.31.